The van der Waals surface area contributed by atoms with Crippen LogP contribution in [0.2, 0.25) is 0 Å². The Kier molecular flexibility index (Phi) is 3.65. The summed E-state index contributed by atoms with van der Waals surface area (Å²) in [7, 11) is 0. The molecular weight excluding hydrogens is 380 g/mol. The van der Waals surface area contributed by atoms with E-state index < -0.39 is 0 Å². The third kappa shape index (κ3) is 2.54. The number of pyridine rings is 2. The van der Waals surface area contributed by atoms with Crippen LogP contribution in [0.25, 0.3) is 54.7 Å². The van der Waals surface area contributed by atoms with E-state index in [1.165, 1.54) is 26.9 Å². The second-order valence-corrected chi connectivity index (χ2v) is 7.64. The molecular formula is C27H16N4. The van der Waals surface area contributed by atoms with E-state index >= 15 is 0 Å². The normalized spacial score (nSPS) is 11.3. The lowest BCUT2D eigenvalue weighted by atomic mass is 9.88. The number of benzene rings is 4. The molecule has 2 heterocycles. The van der Waals surface area contributed by atoms with Gasteiger partial charge in [-0.3, -0.25) is 4.98 Å². The average molecular weight is 396 g/mol. The molecule has 0 amide bonds. The highest BCUT2D eigenvalue weighted by molar-refractivity contribution is 6.25. The summed E-state index contributed by atoms with van der Waals surface area (Å²) in [5.74, 6) is 0.226. The first-order valence-electron chi connectivity index (χ1n) is 10.0. The van der Waals surface area contributed by atoms with Gasteiger partial charge in [-0.15, -0.1) is 0 Å². The van der Waals surface area contributed by atoms with Gasteiger partial charge in [0, 0.05) is 23.5 Å². The quantitative estimate of drug-likeness (QED) is 0.356. The summed E-state index contributed by atoms with van der Waals surface area (Å²) >= 11 is 0. The summed E-state index contributed by atoms with van der Waals surface area (Å²) in [6, 6.07) is 27.2. The molecule has 0 aliphatic heterocycles. The van der Waals surface area contributed by atoms with E-state index in [9.17, 15) is 5.26 Å². The number of rotatable bonds is 2. The SMILES string of the molecule is N#Cc1c(-c2ccc3ccc4cccc5ccc2c3c45)cc(-c2cccnc2)nc1N. The van der Waals surface area contributed by atoms with Crippen molar-refractivity contribution in [3.8, 4) is 28.5 Å². The third-order valence-corrected chi connectivity index (χ3v) is 5.94. The van der Waals surface area contributed by atoms with Gasteiger partial charge in [0.25, 0.3) is 0 Å². The van der Waals surface area contributed by atoms with Crippen molar-refractivity contribution in [2.24, 2.45) is 0 Å². The molecule has 0 unspecified atom stereocenters. The second kappa shape index (κ2) is 6.51. The molecule has 0 spiro atoms. The number of nitrogens with two attached hydrogens (primary N) is 1. The van der Waals surface area contributed by atoms with Crippen molar-refractivity contribution in [3.63, 3.8) is 0 Å². The number of hydrogen-bond donors (Lipinski definition) is 1. The van der Waals surface area contributed by atoms with Crippen LogP contribution in [-0.4, -0.2) is 9.97 Å². The Morgan fingerprint density at radius 2 is 1.52 bits per heavy atom. The van der Waals surface area contributed by atoms with Crippen LogP contribution >= 0.6 is 0 Å². The van der Waals surface area contributed by atoms with Crippen molar-refractivity contribution in [1.82, 2.24) is 9.97 Å². The number of nitrogen functional groups attached to an aromatic ring is 1. The largest absolute Gasteiger partial charge is 0.383 e. The number of nitrogens with zero attached hydrogens (tertiary/aromatic N) is 3. The molecule has 4 heteroatoms. The predicted molar refractivity (Wildman–Crippen MR) is 126 cm³/mol. The highest BCUT2D eigenvalue weighted by Crippen LogP contribution is 2.41. The molecule has 0 fully saturated rings. The van der Waals surface area contributed by atoms with Gasteiger partial charge in [-0.05, 0) is 56.1 Å². The van der Waals surface area contributed by atoms with Crippen molar-refractivity contribution < 1.29 is 0 Å². The van der Waals surface area contributed by atoms with E-state index in [1.54, 1.807) is 12.4 Å². The lowest BCUT2D eigenvalue weighted by Crippen LogP contribution is -2.00. The third-order valence-electron chi connectivity index (χ3n) is 5.94. The molecule has 31 heavy (non-hydrogen) atoms. The monoisotopic (exact) mass is 396 g/mol. The molecule has 4 aromatic carbocycles. The zero-order valence-corrected chi connectivity index (χ0v) is 16.5. The molecule has 0 aliphatic rings. The predicted octanol–water partition coefficient (Wildman–Crippen LogP) is 6.16. The molecule has 0 saturated carbocycles. The van der Waals surface area contributed by atoms with Gasteiger partial charge in [0.05, 0.1) is 5.69 Å². The second-order valence-electron chi connectivity index (χ2n) is 7.64. The summed E-state index contributed by atoms with van der Waals surface area (Å²) in [5.41, 5.74) is 9.95. The standard InChI is InChI=1S/C27H16N4/c28-14-23-22(13-24(31-27(23)29)19-5-2-12-30-15-19)20-10-8-18-7-6-16-3-1-4-17-9-11-21(20)26(18)25(16)17/h1-13,15H,(H2,29,31). The van der Waals surface area contributed by atoms with Gasteiger partial charge in [-0.25, -0.2) is 4.98 Å². The maximum absolute atomic E-state index is 9.88. The smallest absolute Gasteiger partial charge is 0.142 e. The van der Waals surface area contributed by atoms with Crippen LogP contribution in [0.4, 0.5) is 5.82 Å². The summed E-state index contributed by atoms with van der Waals surface area (Å²) in [5, 5.41) is 17.0. The van der Waals surface area contributed by atoms with Crippen molar-refractivity contribution in [1.29, 1.82) is 5.26 Å². The van der Waals surface area contributed by atoms with Crippen molar-refractivity contribution in [2.45, 2.75) is 0 Å². The molecule has 0 radical (unpaired) electrons. The number of aromatic nitrogens is 2. The lowest BCUT2D eigenvalue weighted by Gasteiger charge is -2.16. The molecule has 0 atom stereocenters. The summed E-state index contributed by atoms with van der Waals surface area (Å²) in [6.07, 6.45) is 3.47. The maximum Gasteiger partial charge on any atom is 0.142 e. The topological polar surface area (TPSA) is 75.6 Å². The minimum Gasteiger partial charge on any atom is -0.383 e. The Hall–Kier alpha value is -4.49. The lowest BCUT2D eigenvalue weighted by molar-refractivity contribution is 1.27. The maximum atomic E-state index is 9.88. The Morgan fingerprint density at radius 1 is 0.774 bits per heavy atom. The first kappa shape index (κ1) is 17.4. The van der Waals surface area contributed by atoms with Crippen LogP contribution in [0.5, 0.6) is 0 Å². The van der Waals surface area contributed by atoms with Gasteiger partial charge in [-0.2, -0.15) is 5.26 Å². The van der Waals surface area contributed by atoms with Crippen LogP contribution < -0.4 is 5.73 Å². The number of hydrogen-bond acceptors (Lipinski definition) is 4. The number of anilines is 1. The molecule has 2 aromatic heterocycles. The van der Waals surface area contributed by atoms with Crippen LogP contribution in [-0.2, 0) is 0 Å². The molecule has 0 bridgehead atoms. The molecule has 4 nitrogen and oxygen atoms in total. The molecule has 0 aliphatic carbocycles. The summed E-state index contributed by atoms with van der Waals surface area (Å²) in [4.78, 5) is 8.67. The van der Waals surface area contributed by atoms with Crippen molar-refractivity contribution >= 4 is 38.1 Å². The minimum atomic E-state index is 0.226. The van der Waals surface area contributed by atoms with Crippen LogP contribution in [0, 0.1) is 11.3 Å². The van der Waals surface area contributed by atoms with E-state index in [0.717, 1.165) is 22.1 Å². The molecule has 0 saturated heterocycles. The van der Waals surface area contributed by atoms with E-state index in [4.69, 9.17) is 5.73 Å². The van der Waals surface area contributed by atoms with Gasteiger partial charge >= 0.3 is 0 Å². The van der Waals surface area contributed by atoms with Crippen LogP contribution in [0.1, 0.15) is 5.56 Å². The molecule has 6 rings (SSSR count). The van der Waals surface area contributed by atoms with Crippen LogP contribution in [0.3, 0.4) is 0 Å². The fraction of sp³-hybridized carbons (Fsp3) is 0. The molecule has 6 aromatic rings. The Balaban J connectivity index is 1.72. The van der Waals surface area contributed by atoms with Crippen molar-refractivity contribution in [3.05, 3.63) is 90.8 Å². The molecule has 144 valence electrons. The highest BCUT2D eigenvalue weighted by atomic mass is 14.8. The van der Waals surface area contributed by atoms with Gasteiger partial charge in [0.1, 0.15) is 17.5 Å². The van der Waals surface area contributed by atoms with Crippen LogP contribution in [0.15, 0.2) is 85.2 Å². The van der Waals surface area contributed by atoms with E-state index in [-0.39, 0.29) is 5.82 Å². The highest BCUT2D eigenvalue weighted by Gasteiger charge is 2.17. The molecule has 2 N–H and O–H groups in total. The van der Waals surface area contributed by atoms with Crippen molar-refractivity contribution in [2.75, 3.05) is 5.73 Å². The minimum absolute atomic E-state index is 0.226. The van der Waals surface area contributed by atoms with E-state index in [2.05, 4.69) is 70.6 Å². The summed E-state index contributed by atoms with van der Waals surface area (Å²) < 4.78 is 0. The Morgan fingerprint density at radius 3 is 2.26 bits per heavy atom. The van der Waals surface area contributed by atoms with Gasteiger partial charge in [0.2, 0.25) is 0 Å². The van der Waals surface area contributed by atoms with Gasteiger partial charge in [0.15, 0.2) is 0 Å². The average Bonchev–Trinajstić information content (AvgIpc) is 2.82. The first-order valence-corrected chi connectivity index (χ1v) is 10.0. The fourth-order valence-electron chi connectivity index (χ4n) is 4.53. The van der Waals surface area contributed by atoms with E-state index in [1.807, 2.05) is 18.2 Å². The Bertz CT molecular complexity index is 1630. The van der Waals surface area contributed by atoms with E-state index in [0.29, 0.717) is 11.3 Å². The number of nitriles is 1. The summed E-state index contributed by atoms with van der Waals surface area (Å²) in [6.45, 7) is 0. The zero-order chi connectivity index (χ0) is 20.9. The van der Waals surface area contributed by atoms with Gasteiger partial charge < -0.3 is 5.73 Å². The first-order chi connectivity index (χ1) is 15.2. The van der Waals surface area contributed by atoms with Gasteiger partial charge in [-0.1, -0.05) is 54.6 Å². The Labute approximate surface area is 178 Å². The fourth-order valence-corrected chi connectivity index (χ4v) is 4.53. The zero-order valence-electron chi connectivity index (χ0n) is 16.5.